The fraction of sp³-hybridized carbons (Fsp3) is 0.209. The van der Waals surface area contributed by atoms with Crippen LogP contribution in [0, 0.1) is 12.1 Å². The van der Waals surface area contributed by atoms with Crippen molar-refractivity contribution in [3.8, 4) is 33.6 Å². The number of aromatic nitrogens is 2. The van der Waals surface area contributed by atoms with Gasteiger partial charge in [0.05, 0.1) is 13.7 Å². The number of nitrogens with zero attached hydrogens (tertiary/aromatic N) is 2. The van der Waals surface area contributed by atoms with E-state index in [1.165, 1.54) is 42.9 Å². The zero-order valence-corrected chi connectivity index (χ0v) is 31.2. The summed E-state index contributed by atoms with van der Waals surface area (Å²) in [5.74, 6) is 0.648. The molecule has 1 fully saturated rings. The molecule has 0 N–H and O–H groups in total. The van der Waals surface area contributed by atoms with E-state index in [4.69, 9.17) is 9.40 Å². The average Bonchev–Trinajstić information content (AvgIpc) is 3.52. The maximum absolute atomic E-state index is 6.54. The van der Waals surface area contributed by atoms with Crippen LogP contribution < -0.4 is 5.19 Å². The van der Waals surface area contributed by atoms with Gasteiger partial charge in [0.1, 0.15) is 5.58 Å². The Morgan fingerprint density at radius 2 is 1.48 bits per heavy atom. The van der Waals surface area contributed by atoms with Crippen molar-refractivity contribution in [3.05, 3.63) is 139 Å². The van der Waals surface area contributed by atoms with Gasteiger partial charge in [0.2, 0.25) is 0 Å². The zero-order valence-electron chi connectivity index (χ0n) is 27.8. The minimum absolute atomic E-state index is 0. The van der Waals surface area contributed by atoms with Crippen molar-refractivity contribution >= 4 is 35.2 Å². The number of para-hydroxylation sites is 1. The van der Waals surface area contributed by atoms with E-state index in [9.17, 15) is 0 Å². The molecule has 0 amide bonds. The van der Waals surface area contributed by atoms with Crippen molar-refractivity contribution in [1.29, 1.82) is 0 Å². The van der Waals surface area contributed by atoms with Crippen LogP contribution in [-0.4, -0.2) is 18.0 Å². The van der Waals surface area contributed by atoms with E-state index in [0.29, 0.717) is 5.92 Å². The third-order valence-corrected chi connectivity index (χ3v) is 11.3. The van der Waals surface area contributed by atoms with Crippen molar-refractivity contribution in [2.75, 3.05) is 0 Å². The molecule has 8 rings (SSSR count). The molecule has 0 bridgehead atoms. The van der Waals surface area contributed by atoms with Gasteiger partial charge in [-0.1, -0.05) is 122 Å². The smallest absolute Gasteiger partial charge is 0.128 e. The molecule has 1 aliphatic rings. The topological polar surface area (TPSA) is 38.9 Å². The summed E-state index contributed by atoms with van der Waals surface area (Å²) in [4.78, 5) is 9.23. The van der Waals surface area contributed by atoms with Gasteiger partial charge >= 0.3 is 0 Å². The van der Waals surface area contributed by atoms with Gasteiger partial charge in [-0.05, 0) is 47.0 Å². The molecule has 0 saturated heterocycles. The Labute approximate surface area is 298 Å². The number of rotatable bonds is 5. The predicted octanol–water partition coefficient (Wildman–Crippen LogP) is 11.3. The predicted molar refractivity (Wildman–Crippen MR) is 199 cm³/mol. The van der Waals surface area contributed by atoms with Crippen molar-refractivity contribution in [3.63, 3.8) is 0 Å². The summed E-state index contributed by atoms with van der Waals surface area (Å²) in [7, 11) is -1.23. The summed E-state index contributed by atoms with van der Waals surface area (Å²) in [5, 5.41) is 3.65. The van der Waals surface area contributed by atoms with Crippen molar-refractivity contribution in [2.45, 2.75) is 57.7 Å². The third kappa shape index (κ3) is 7.29. The molecule has 243 valence electrons. The molecule has 4 aromatic carbocycles. The van der Waals surface area contributed by atoms with Gasteiger partial charge in [0, 0.05) is 43.4 Å². The quantitative estimate of drug-likeness (QED) is 0.128. The first-order chi connectivity index (χ1) is 23.0. The molecule has 0 unspecified atom stereocenters. The van der Waals surface area contributed by atoms with Crippen LogP contribution in [0.25, 0.3) is 55.6 Å². The van der Waals surface area contributed by atoms with Crippen molar-refractivity contribution < 1.29 is 24.5 Å². The van der Waals surface area contributed by atoms with Gasteiger partial charge in [-0.25, -0.2) is 0 Å². The summed E-state index contributed by atoms with van der Waals surface area (Å²) in [6.07, 6.45) is 10.5. The Morgan fingerprint density at radius 3 is 2.21 bits per heavy atom. The molecule has 0 atom stereocenters. The van der Waals surface area contributed by atoms with E-state index in [1.807, 2.05) is 48.8 Å². The Bertz CT molecular complexity index is 2100. The van der Waals surface area contributed by atoms with Crippen LogP contribution in [-0.2, 0) is 20.1 Å². The normalized spacial score (nSPS) is 13.5. The van der Waals surface area contributed by atoms with Crippen LogP contribution in [0.5, 0.6) is 0 Å². The number of benzene rings is 4. The average molecular weight is 821 g/mol. The minimum atomic E-state index is -1.23. The van der Waals surface area contributed by atoms with E-state index >= 15 is 0 Å². The number of hydrogen-bond donors (Lipinski definition) is 0. The molecule has 7 aromatic rings. The monoisotopic (exact) mass is 821 g/mol. The maximum Gasteiger partial charge on any atom is 0.128 e. The second kappa shape index (κ2) is 14.9. The van der Waals surface area contributed by atoms with Gasteiger partial charge in [-0.15, -0.1) is 54.1 Å². The molecule has 3 aromatic heterocycles. The summed E-state index contributed by atoms with van der Waals surface area (Å²) < 4.78 is 6.54. The van der Waals surface area contributed by atoms with E-state index in [1.54, 1.807) is 0 Å². The van der Waals surface area contributed by atoms with Gasteiger partial charge < -0.3 is 14.4 Å². The van der Waals surface area contributed by atoms with Crippen LogP contribution >= 0.6 is 0 Å². The molecular weight excluding hydrogens is 781 g/mol. The summed E-state index contributed by atoms with van der Waals surface area (Å²) in [6, 6.07) is 44.2. The molecule has 0 spiro atoms. The van der Waals surface area contributed by atoms with Gasteiger partial charge in [0.15, 0.2) is 0 Å². The van der Waals surface area contributed by atoms with Crippen molar-refractivity contribution in [2.24, 2.45) is 0 Å². The second-order valence-electron chi connectivity index (χ2n) is 13.5. The first kappa shape index (κ1) is 33.7. The van der Waals surface area contributed by atoms with Crippen LogP contribution in [0.2, 0.25) is 19.6 Å². The zero-order chi connectivity index (χ0) is 32.2. The first-order valence-corrected chi connectivity index (χ1v) is 20.3. The summed E-state index contributed by atoms with van der Waals surface area (Å²) >= 11 is 0. The first-order valence-electron chi connectivity index (χ1n) is 16.8. The number of furan rings is 1. The third-order valence-electron chi connectivity index (χ3n) is 9.27. The van der Waals surface area contributed by atoms with Gasteiger partial charge in [0.25, 0.3) is 0 Å². The van der Waals surface area contributed by atoms with E-state index in [-0.39, 0.29) is 20.1 Å². The van der Waals surface area contributed by atoms with Gasteiger partial charge in [-0.2, -0.15) is 0 Å². The molecule has 3 nitrogen and oxygen atoms in total. The fourth-order valence-corrected chi connectivity index (χ4v) is 7.66. The molecule has 1 aliphatic carbocycles. The van der Waals surface area contributed by atoms with E-state index in [2.05, 4.69) is 110 Å². The molecule has 5 heteroatoms. The Kier molecular flexibility index (Phi) is 10.5. The fourth-order valence-electron chi connectivity index (χ4n) is 6.62. The maximum atomic E-state index is 6.54. The number of pyridine rings is 2. The van der Waals surface area contributed by atoms with E-state index < -0.39 is 8.07 Å². The second-order valence-corrected chi connectivity index (χ2v) is 18.6. The summed E-state index contributed by atoms with van der Waals surface area (Å²) in [5.41, 5.74) is 9.43. The summed E-state index contributed by atoms with van der Waals surface area (Å²) in [6.45, 7) is 7.00. The van der Waals surface area contributed by atoms with Crippen LogP contribution in [0.3, 0.4) is 0 Å². The standard InChI is InChI=1S/C29H24NO.C14H16NSi.Ir/c1-3-9-20(10-4-1)22-17-18-30-27(19-22)26-16-8-15-25-24-14-7-13-23(28(24)31-29(25)26)21-11-5-2-6-12-21;1-16(2,3)13-9-10-14(15-11-13)12-7-5-4-6-8-12;/h2,5-8,11-15,17-20H,1,3-4,9-10H2;4-7,9-11H,1-3H3;/q2*-1;. The van der Waals surface area contributed by atoms with Crippen LogP contribution in [0.4, 0.5) is 0 Å². The van der Waals surface area contributed by atoms with Crippen molar-refractivity contribution in [1.82, 2.24) is 9.97 Å². The number of fused-ring (bicyclic) bond motifs is 3. The van der Waals surface area contributed by atoms with E-state index in [0.717, 1.165) is 55.6 Å². The molecular formula is C43H40IrN2OSi-2. The van der Waals surface area contributed by atoms with Crippen LogP contribution in [0.15, 0.2) is 126 Å². The molecule has 1 saturated carbocycles. The molecule has 48 heavy (non-hydrogen) atoms. The Balaban J connectivity index is 0.000000201. The largest absolute Gasteiger partial charge is 0.500 e. The Morgan fingerprint density at radius 1 is 0.688 bits per heavy atom. The van der Waals surface area contributed by atoms with Gasteiger partial charge in [-0.3, -0.25) is 0 Å². The van der Waals surface area contributed by atoms with Crippen LogP contribution in [0.1, 0.15) is 43.6 Å². The minimum Gasteiger partial charge on any atom is -0.500 e. The SMILES string of the molecule is C[Si](C)(C)c1ccc(-c2[c-]cccc2)nc1.[Ir].[c-]1ccc2c(oc3c(-c4ccccc4)cccc32)c1-c1cc(C2CCCCC2)ccn1. The Hall–Kier alpha value is -4.15. The molecule has 0 aliphatic heterocycles. The molecule has 3 heterocycles. The molecule has 1 radical (unpaired) electrons. The number of hydrogen-bond acceptors (Lipinski definition) is 3.